The number of benzene rings is 2. The number of aromatic nitrogens is 3. The van der Waals surface area contributed by atoms with Crippen LogP contribution in [0, 0.1) is 5.82 Å². The van der Waals surface area contributed by atoms with Crippen LogP contribution in [0.15, 0.2) is 46.9 Å². The van der Waals surface area contributed by atoms with Crippen LogP contribution in [0.5, 0.6) is 0 Å². The van der Waals surface area contributed by atoms with E-state index in [0.717, 1.165) is 15.8 Å². The second kappa shape index (κ2) is 9.40. The number of hydrogen-bond acceptors (Lipinski definition) is 9. The molecule has 2 aromatic heterocycles. The number of anilines is 1. The van der Waals surface area contributed by atoms with E-state index in [-0.39, 0.29) is 35.1 Å². The minimum atomic E-state index is -0.699. The Kier molecular flexibility index (Phi) is 6.54. The minimum Gasteiger partial charge on any atom is -0.400 e. The third-order valence-corrected chi connectivity index (χ3v) is 5.87. The normalized spacial score (nSPS) is 12.6. The van der Waals surface area contributed by atoms with Gasteiger partial charge in [0.15, 0.2) is 10.8 Å². The Hall–Kier alpha value is -3.50. The maximum Gasteiger partial charge on any atom is 0.316 e. The van der Waals surface area contributed by atoms with Crippen LogP contribution in [0.1, 0.15) is 43.4 Å². The molecule has 0 spiro atoms. The van der Waals surface area contributed by atoms with Gasteiger partial charge in [-0.15, -0.1) is 16.4 Å². The molecule has 4 rings (SSSR count). The van der Waals surface area contributed by atoms with Crippen molar-refractivity contribution in [2.75, 3.05) is 11.9 Å². The van der Waals surface area contributed by atoms with Gasteiger partial charge in [0.05, 0.1) is 22.4 Å². The predicted octanol–water partition coefficient (Wildman–Crippen LogP) is 4.90. The Bertz CT molecular complexity index is 1340. The van der Waals surface area contributed by atoms with Crippen LogP contribution in [0.3, 0.4) is 0 Å². The summed E-state index contributed by atoms with van der Waals surface area (Å²) in [7, 11) is 0. The van der Waals surface area contributed by atoms with Crippen molar-refractivity contribution in [2.45, 2.75) is 39.3 Å². The number of fused-ring (bicyclic) bond motifs is 1. The summed E-state index contributed by atoms with van der Waals surface area (Å²) in [6, 6.07) is 11.0. The van der Waals surface area contributed by atoms with E-state index in [4.69, 9.17) is 9.15 Å². The molecular formula is C24H23FN4O4S. The third-order valence-electron chi connectivity index (χ3n) is 4.85. The van der Waals surface area contributed by atoms with Crippen molar-refractivity contribution in [3.8, 4) is 11.1 Å². The lowest BCUT2D eigenvalue weighted by Crippen LogP contribution is -2.36. The number of rotatable bonds is 8. The van der Waals surface area contributed by atoms with Crippen LogP contribution >= 0.6 is 11.3 Å². The Morgan fingerprint density at radius 1 is 1.12 bits per heavy atom. The van der Waals surface area contributed by atoms with Gasteiger partial charge in [-0.1, -0.05) is 23.3 Å². The van der Waals surface area contributed by atoms with Crippen molar-refractivity contribution >= 4 is 39.1 Å². The molecule has 176 valence electrons. The summed E-state index contributed by atoms with van der Waals surface area (Å²) in [6.45, 7) is 7.18. The molecule has 0 aliphatic carbocycles. The van der Waals surface area contributed by atoms with E-state index in [2.05, 4.69) is 20.5 Å². The van der Waals surface area contributed by atoms with Crippen LogP contribution in [-0.4, -0.2) is 45.0 Å². The Balaban J connectivity index is 1.51. The van der Waals surface area contributed by atoms with Crippen molar-refractivity contribution < 1.29 is 23.1 Å². The number of carbonyl (C=O) groups excluding carboxylic acids is 2. The van der Waals surface area contributed by atoms with E-state index in [0.29, 0.717) is 5.52 Å². The van der Waals surface area contributed by atoms with Crippen molar-refractivity contribution in [1.82, 2.24) is 15.2 Å². The fraction of sp³-hybridized carbons (Fsp3) is 0.292. The molecule has 2 aromatic carbocycles. The number of carbonyl (C=O) groups is 2. The smallest absolute Gasteiger partial charge is 0.316 e. The monoisotopic (exact) mass is 482 g/mol. The molecule has 0 bridgehead atoms. The molecule has 0 radical (unpaired) electrons. The highest BCUT2D eigenvalue weighted by Crippen LogP contribution is 2.29. The van der Waals surface area contributed by atoms with Gasteiger partial charge in [0.2, 0.25) is 0 Å². The summed E-state index contributed by atoms with van der Waals surface area (Å²) >= 11 is 1.19. The van der Waals surface area contributed by atoms with Gasteiger partial charge in [-0.05, 0) is 63.1 Å². The first-order chi connectivity index (χ1) is 16.1. The molecule has 0 saturated heterocycles. The molecule has 0 saturated carbocycles. The molecule has 0 aliphatic rings. The zero-order valence-corrected chi connectivity index (χ0v) is 19.9. The van der Waals surface area contributed by atoms with Gasteiger partial charge in [0, 0.05) is 0 Å². The van der Waals surface area contributed by atoms with E-state index >= 15 is 0 Å². The van der Waals surface area contributed by atoms with Crippen LogP contribution in [0.25, 0.3) is 21.3 Å². The molecule has 8 nitrogen and oxygen atoms in total. The molecule has 1 atom stereocenters. The molecule has 0 fully saturated rings. The number of halogens is 1. The van der Waals surface area contributed by atoms with Crippen LogP contribution in [0.4, 0.5) is 10.4 Å². The van der Waals surface area contributed by atoms with Crippen LogP contribution in [-0.2, 0) is 9.53 Å². The van der Waals surface area contributed by atoms with Gasteiger partial charge in [-0.25, -0.2) is 9.37 Å². The van der Waals surface area contributed by atoms with Crippen LogP contribution < -0.4 is 5.32 Å². The number of ketones is 2. The minimum absolute atomic E-state index is 0.0548. The van der Waals surface area contributed by atoms with E-state index in [1.807, 2.05) is 32.9 Å². The van der Waals surface area contributed by atoms with E-state index in [1.165, 1.54) is 30.4 Å². The van der Waals surface area contributed by atoms with Crippen molar-refractivity contribution in [2.24, 2.45) is 0 Å². The summed E-state index contributed by atoms with van der Waals surface area (Å²) < 4.78 is 25.1. The van der Waals surface area contributed by atoms with Gasteiger partial charge in [-0.3, -0.25) is 9.59 Å². The highest BCUT2D eigenvalue weighted by atomic mass is 32.1. The molecule has 0 amide bonds. The average Bonchev–Trinajstić information content (AvgIpc) is 3.42. The average molecular weight is 483 g/mol. The molecule has 10 heteroatoms. The van der Waals surface area contributed by atoms with Gasteiger partial charge in [0.25, 0.3) is 11.7 Å². The fourth-order valence-corrected chi connectivity index (χ4v) is 3.99. The van der Waals surface area contributed by atoms with Gasteiger partial charge in [-0.2, -0.15) is 0 Å². The maximum absolute atomic E-state index is 13.2. The first-order valence-electron chi connectivity index (χ1n) is 10.5. The third kappa shape index (κ3) is 5.52. The van der Waals surface area contributed by atoms with Gasteiger partial charge >= 0.3 is 6.01 Å². The standard InChI is InChI=1S/C24H23FN4O4S/c1-13(30)18(12-32-24(2,3)4)27-23-29-28-21(33-23)20(31)22-26-17-10-7-15(11-19(17)34-22)14-5-8-16(25)9-6-14/h5-11,18H,12H2,1-4H3,(H,27,29)/t18-/m0/s1. The Morgan fingerprint density at radius 3 is 2.50 bits per heavy atom. The zero-order valence-electron chi connectivity index (χ0n) is 19.1. The lowest BCUT2D eigenvalue weighted by atomic mass is 10.1. The van der Waals surface area contributed by atoms with E-state index in [9.17, 15) is 14.0 Å². The molecule has 1 N–H and O–H groups in total. The predicted molar refractivity (Wildman–Crippen MR) is 127 cm³/mol. The number of ether oxygens (including phenoxy) is 1. The highest BCUT2D eigenvalue weighted by molar-refractivity contribution is 7.20. The van der Waals surface area contributed by atoms with E-state index < -0.39 is 17.4 Å². The zero-order chi connectivity index (χ0) is 24.5. The second-order valence-electron chi connectivity index (χ2n) is 8.68. The SMILES string of the molecule is CC(=O)[C@H](COC(C)(C)C)Nc1nnc(C(=O)c2nc3ccc(-c4ccc(F)cc4)cc3s2)o1. The topological polar surface area (TPSA) is 107 Å². The van der Waals surface area contributed by atoms with Crippen molar-refractivity contribution in [3.63, 3.8) is 0 Å². The molecule has 2 heterocycles. The first kappa shape index (κ1) is 23.7. The number of nitrogens with one attached hydrogen (secondary N) is 1. The van der Waals surface area contributed by atoms with Gasteiger partial charge in [0.1, 0.15) is 11.9 Å². The molecule has 0 unspecified atom stereocenters. The maximum atomic E-state index is 13.2. The Morgan fingerprint density at radius 2 is 1.82 bits per heavy atom. The highest BCUT2D eigenvalue weighted by Gasteiger charge is 2.24. The fourth-order valence-electron chi connectivity index (χ4n) is 3.05. The van der Waals surface area contributed by atoms with Crippen molar-refractivity contribution in [3.05, 3.63) is 59.2 Å². The molecule has 4 aromatic rings. The molecular weight excluding hydrogens is 459 g/mol. The van der Waals surface area contributed by atoms with Gasteiger partial charge < -0.3 is 14.5 Å². The lowest BCUT2D eigenvalue weighted by Gasteiger charge is -2.23. The molecule has 34 heavy (non-hydrogen) atoms. The summed E-state index contributed by atoms with van der Waals surface area (Å²) in [5.74, 6) is -1.23. The summed E-state index contributed by atoms with van der Waals surface area (Å²) in [5.41, 5.74) is 1.96. The Labute approximate surface area is 199 Å². The largest absolute Gasteiger partial charge is 0.400 e. The quantitative estimate of drug-likeness (QED) is 0.353. The number of nitrogens with zero attached hydrogens (tertiary/aromatic N) is 3. The molecule has 0 aliphatic heterocycles. The van der Waals surface area contributed by atoms with Crippen LogP contribution in [0.2, 0.25) is 0 Å². The number of Topliss-reactive ketones (excluding diaryl/α,β-unsaturated/α-hetero) is 1. The summed E-state index contributed by atoms with van der Waals surface area (Å²) in [5, 5.41) is 10.7. The lowest BCUT2D eigenvalue weighted by molar-refractivity contribution is -0.120. The number of thiazole rings is 1. The summed E-state index contributed by atoms with van der Waals surface area (Å²) in [4.78, 5) is 29.2. The first-order valence-corrected chi connectivity index (χ1v) is 11.4. The number of hydrogen-bond donors (Lipinski definition) is 1. The summed E-state index contributed by atoms with van der Waals surface area (Å²) in [6.07, 6.45) is 0. The van der Waals surface area contributed by atoms with E-state index in [1.54, 1.807) is 18.2 Å². The van der Waals surface area contributed by atoms with Crippen molar-refractivity contribution in [1.29, 1.82) is 0 Å². The second-order valence-corrected chi connectivity index (χ2v) is 9.71.